The molecule has 0 aromatic heterocycles. The summed E-state index contributed by atoms with van der Waals surface area (Å²) in [5, 5.41) is 23.9. The number of unbranched alkanes of at least 4 members (excludes halogenated alkanes) is 1. The summed E-state index contributed by atoms with van der Waals surface area (Å²) in [6.45, 7) is 4.13. The maximum atomic E-state index is 12.8. The predicted molar refractivity (Wildman–Crippen MR) is 114 cm³/mol. The van der Waals surface area contributed by atoms with Gasteiger partial charge in [-0.3, -0.25) is 9.59 Å². The molecule has 0 aliphatic rings. The third-order valence-corrected chi connectivity index (χ3v) is 5.08. The number of carbonyl (C=O) groups excluding carboxylic acids is 2. The van der Waals surface area contributed by atoms with E-state index in [1.54, 1.807) is 19.1 Å². The van der Waals surface area contributed by atoms with Crippen LogP contribution in [0.3, 0.4) is 0 Å². The second-order valence-electron chi connectivity index (χ2n) is 7.53. The van der Waals surface area contributed by atoms with E-state index in [4.69, 9.17) is 11.5 Å². The summed E-state index contributed by atoms with van der Waals surface area (Å²) in [4.78, 5) is 36.8. The number of phenolic OH excluding ortho intramolecular Hbond substituents is 1. The van der Waals surface area contributed by atoms with Crippen LogP contribution in [-0.2, 0) is 20.8 Å². The number of hydrogen-bond acceptors (Lipinski definition) is 6. The minimum absolute atomic E-state index is 0.115. The molecule has 0 saturated carbocycles. The topological polar surface area (TPSA) is 168 Å². The van der Waals surface area contributed by atoms with E-state index in [0.29, 0.717) is 25.8 Å². The molecular weight excluding hydrogens is 388 g/mol. The van der Waals surface area contributed by atoms with Crippen molar-refractivity contribution < 1.29 is 24.6 Å². The maximum absolute atomic E-state index is 12.8. The molecule has 4 unspecified atom stereocenters. The highest BCUT2D eigenvalue weighted by atomic mass is 16.4. The first kappa shape index (κ1) is 25.4. The lowest BCUT2D eigenvalue weighted by molar-refractivity contribution is -0.142. The van der Waals surface area contributed by atoms with Gasteiger partial charge >= 0.3 is 5.97 Å². The molecule has 8 N–H and O–H groups in total. The highest BCUT2D eigenvalue weighted by Gasteiger charge is 2.30. The van der Waals surface area contributed by atoms with E-state index in [0.717, 1.165) is 5.56 Å². The normalized spacial score (nSPS) is 14.9. The van der Waals surface area contributed by atoms with E-state index in [9.17, 15) is 24.6 Å². The number of carboxylic acids is 1. The van der Waals surface area contributed by atoms with Gasteiger partial charge in [-0.1, -0.05) is 32.4 Å². The van der Waals surface area contributed by atoms with Gasteiger partial charge in [-0.15, -0.1) is 0 Å². The fraction of sp³-hybridized carbons (Fsp3) is 0.571. The first-order chi connectivity index (χ1) is 14.2. The van der Waals surface area contributed by atoms with Crippen LogP contribution >= 0.6 is 0 Å². The molecule has 0 saturated heterocycles. The monoisotopic (exact) mass is 422 g/mol. The van der Waals surface area contributed by atoms with Crippen molar-refractivity contribution in [3.8, 4) is 5.75 Å². The Hall–Kier alpha value is -2.65. The highest BCUT2D eigenvalue weighted by molar-refractivity contribution is 5.92. The Morgan fingerprint density at radius 3 is 2.23 bits per heavy atom. The van der Waals surface area contributed by atoms with Crippen molar-refractivity contribution in [2.75, 3.05) is 6.54 Å². The number of phenols is 1. The van der Waals surface area contributed by atoms with Crippen LogP contribution in [0.4, 0.5) is 0 Å². The van der Waals surface area contributed by atoms with E-state index in [1.807, 2.05) is 6.92 Å². The summed E-state index contributed by atoms with van der Waals surface area (Å²) in [6.07, 6.45) is 2.34. The summed E-state index contributed by atoms with van der Waals surface area (Å²) >= 11 is 0. The van der Waals surface area contributed by atoms with Crippen LogP contribution in [0.15, 0.2) is 24.3 Å². The average Bonchev–Trinajstić information content (AvgIpc) is 2.71. The van der Waals surface area contributed by atoms with Crippen LogP contribution in [0.25, 0.3) is 0 Å². The van der Waals surface area contributed by atoms with Gasteiger partial charge in [0, 0.05) is 0 Å². The van der Waals surface area contributed by atoms with Gasteiger partial charge in [0.25, 0.3) is 0 Å². The average molecular weight is 423 g/mol. The van der Waals surface area contributed by atoms with Gasteiger partial charge in [0.05, 0.1) is 6.04 Å². The summed E-state index contributed by atoms with van der Waals surface area (Å²) in [6, 6.07) is 3.51. The second kappa shape index (κ2) is 12.8. The van der Waals surface area contributed by atoms with Crippen molar-refractivity contribution in [3.05, 3.63) is 29.8 Å². The maximum Gasteiger partial charge on any atom is 0.326 e. The molecule has 9 heteroatoms. The smallest absolute Gasteiger partial charge is 0.326 e. The minimum atomic E-state index is -1.13. The van der Waals surface area contributed by atoms with E-state index < -0.39 is 35.9 Å². The third-order valence-electron chi connectivity index (χ3n) is 5.08. The molecule has 1 aromatic rings. The zero-order chi connectivity index (χ0) is 22.7. The number of carboxylic acid groups (broad SMARTS) is 1. The number of rotatable bonds is 13. The molecule has 2 amide bonds. The van der Waals surface area contributed by atoms with Crippen molar-refractivity contribution >= 4 is 17.8 Å². The number of amides is 2. The molecule has 0 heterocycles. The Labute approximate surface area is 177 Å². The van der Waals surface area contributed by atoms with E-state index >= 15 is 0 Å². The fourth-order valence-corrected chi connectivity index (χ4v) is 2.95. The fourth-order valence-electron chi connectivity index (χ4n) is 2.95. The van der Waals surface area contributed by atoms with Crippen LogP contribution in [0, 0.1) is 5.92 Å². The van der Waals surface area contributed by atoms with Gasteiger partial charge in [0.2, 0.25) is 11.8 Å². The van der Waals surface area contributed by atoms with Crippen molar-refractivity contribution in [2.45, 2.75) is 64.1 Å². The molecule has 1 rings (SSSR count). The van der Waals surface area contributed by atoms with Crippen LogP contribution < -0.4 is 22.1 Å². The zero-order valence-corrected chi connectivity index (χ0v) is 17.6. The van der Waals surface area contributed by atoms with Gasteiger partial charge in [-0.25, -0.2) is 4.79 Å². The first-order valence-corrected chi connectivity index (χ1v) is 10.3. The molecular formula is C21H34N4O5. The molecule has 30 heavy (non-hydrogen) atoms. The Balaban J connectivity index is 2.78. The van der Waals surface area contributed by atoms with Crippen LogP contribution in [0.1, 0.15) is 45.1 Å². The summed E-state index contributed by atoms with van der Waals surface area (Å²) in [5.41, 5.74) is 12.2. The lowest BCUT2D eigenvalue weighted by atomic mass is 9.96. The quantitative estimate of drug-likeness (QED) is 0.251. The molecule has 9 nitrogen and oxygen atoms in total. The van der Waals surface area contributed by atoms with Crippen LogP contribution in [0.2, 0.25) is 0 Å². The third kappa shape index (κ3) is 8.38. The number of nitrogens with one attached hydrogen (secondary N) is 2. The Kier molecular flexibility index (Phi) is 10.8. The van der Waals surface area contributed by atoms with E-state index in [2.05, 4.69) is 10.6 Å². The Morgan fingerprint density at radius 2 is 1.70 bits per heavy atom. The van der Waals surface area contributed by atoms with Crippen molar-refractivity contribution in [1.29, 1.82) is 0 Å². The lowest BCUT2D eigenvalue weighted by Crippen LogP contribution is -2.56. The Morgan fingerprint density at radius 1 is 1.07 bits per heavy atom. The summed E-state index contributed by atoms with van der Waals surface area (Å²) < 4.78 is 0. The molecule has 1 aromatic carbocycles. The molecule has 0 bridgehead atoms. The summed E-state index contributed by atoms with van der Waals surface area (Å²) in [7, 11) is 0. The first-order valence-electron chi connectivity index (χ1n) is 10.3. The van der Waals surface area contributed by atoms with Gasteiger partial charge in [-0.05, 0) is 55.8 Å². The summed E-state index contributed by atoms with van der Waals surface area (Å²) in [5.74, 6) is -2.27. The molecule has 0 fully saturated rings. The molecule has 0 aliphatic heterocycles. The van der Waals surface area contributed by atoms with Crippen molar-refractivity contribution in [2.24, 2.45) is 17.4 Å². The number of nitrogens with two attached hydrogens (primary N) is 2. The second-order valence-corrected chi connectivity index (χ2v) is 7.53. The van der Waals surface area contributed by atoms with Gasteiger partial charge < -0.3 is 32.3 Å². The lowest BCUT2D eigenvalue weighted by Gasteiger charge is -2.26. The number of aliphatic carboxylic acids is 1. The molecule has 0 spiro atoms. The van der Waals surface area contributed by atoms with Gasteiger partial charge in [0.15, 0.2) is 0 Å². The number of hydrogen-bond donors (Lipinski definition) is 6. The molecule has 168 valence electrons. The van der Waals surface area contributed by atoms with E-state index in [1.165, 1.54) is 12.1 Å². The predicted octanol–water partition coefficient (Wildman–Crippen LogP) is 0.491. The highest BCUT2D eigenvalue weighted by Crippen LogP contribution is 2.13. The molecule has 0 aliphatic carbocycles. The zero-order valence-electron chi connectivity index (χ0n) is 17.6. The van der Waals surface area contributed by atoms with Crippen LogP contribution in [0.5, 0.6) is 5.75 Å². The van der Waals surface area contributed by atoms with Crippen molar-refractivity contribution in [3.63, 3.8) is 0 Å². The van der Waals surface area contributed by atoms with E-state index in [-0.39, 0.29) is 24.5 Å². The van der Waals surface area contributed by atoms with Crippen LogP contribution in [-0.4, -0.2) is 52.7 Å². The molecule has 4 atom stereocenters. The Bertz CT molecular complexity index is 695. The van der Waals surface area contributed by atoms with Crippen molar-refractivity contribution in [1.82, 2.24) is 10.6 Å². The molecule has 0 radical (unpaired) electrons. The number of benzene rings is 1. The number of carbonyl (C=O) groups is 3. The van der Waals surface area contributed by atoms with Gasteiger partial charge in [0.1, 0.15) is 17.8 Å². The standard InChI is InChI=1S/C21H34N4O5/c1-3-13(2)18(20(28)24-17(21(29)30)6-4-5-11-22)25-19(27)16(23)12-14-7-9-15(26)10-8-14/h7-10,13,16-18,26H,3-6,11-12,22-23H2,1-2H3,(H,24,28)(H,25,27)(H,29,30). The largest absolute Gasteiger partial charge is 0.508 e. The van der Waals surface area contributed by atoms with Gasteiger partial charge in [-0.2, -0.15) is 0 Å². The number of aromatic hydroxyl groups is 1. The minimum Gasteiger partial charge on any atom is -0.508 e. The SMILES string of the molecule is CCC(C)C(NC(=O)C(N)Cc1ccc(O)cc1)C(=O)NC(CCCCN)C(=O)O.